The Kier molecular flexibility index (Phi) is 6.39. The maximum absolute atomic E-state index is 13.4. The van der Waals surface area contributed by atoms with E-state index in [1.165, 1.54) is 24.3 Å². The Hall–Kier alpha value is -3.75. The molecule has 1 heterocycles. The number of aromatic nitrogens is 2. The number of sulfonamides is 1. The van der Waals surface area contributed by atoms with E-state index in [2.05, 4.69) is 21.9 Å². The van der Waals surface area contributed by atoms with E-state index in [0.717, 1.165) is 4.31 Å². The molecule has 0 saturated carbocycles. The molecule has 9 heteroatoms. The fraction of sp³-hybridized carbons (Fsp3) is 0.0417. The lowest BCUT2D eigenvalue weighted by Gasteiger charge is -2.24. The van der Waals surface area contributed by atoms with Crippen LogP contribution in [0.5, 0.6) is 0 Å². The molecule has 0 radical (unpaired) electrons. The number of anilines is 2. The highest BCUT2D eigenvalue weighted by atomic mass is 35.5. The molecule has 4 aromatic rings. The van der Waals surface area contributed by atoms with Crippen molar-refractivity contribution < 1.29 is 13.2 Å². The number of fused-ring (bicyclic) bond motifs is 1. The lowest BCUT2D eigenvalue weighted by Crippen LogP contribution is -2.31. The lowest BCUT2D eigenvalue weighted by atomic mass is 10.2. The van der Waals surface area contributed by atoms with Crippen molar-refractivity contribution in [2.24, 2.45) is 0 Å². The summed E-state index contributed by atoms with van der Waals surface area (Å²) >= 11 is 6.25. The van der Waals surface area contributed by atoms with Gasteiger partial charge in [0.1, 0.15) is 0 Å². The third-order valence-electron chi connectivity index (χ3n) is 4.83. The molecule has 0 spiro atoms. The lowest BCUT2D eigenvalue weighted by molar-refractivity contribution is 0.102. The van der Waals surface area contributed by atoms with Gasteiger partial charge in [-0.25, -0.2) is 8.42 Å². The third kappa shape index (κ3) is 4.72. The highest BCUT2D eigenvalue weighted by Gasteiger charge is 2.26. The summed E-state index contributed by atoms with van der Waals surface area (Å²) in [6.07, 6.45) is 4.63. The van der Waals surface area contributed by atoms with Gasteiger partial charge in [0.05, 0.1) is 33.2 Å². The van der Waals surface area contributed by atoms with Gasteiger partial charge in [-0.05, 0) is 48.5 Å². The van der Waals surface area contributed by atoms with E-state index in [-0.39, 0.29) is 22.0 Å². The van der Waals surface area contributed by atoms with Crippen LogP contribution in [0.15, 0.2) is 96.7 Å². The van der Waals surface area contributed by atoms with Crippen molar-refractivity contribution in [2.45, 2.75) is 4.90 Å². The first-order chi connectivity index (χ1) is 15.9. The zero-order valence-electron chi connectivity index (χ0n) is 17.3. The minimum atomic E-state index is -4.02. The van der Waals surface area contributed by atoms with Gasteiger partial charge in [-0.2, -0.15) is 0 Å². The van der Waals surface area contributed by atoms with Crippen LogP contribution in [-0.2, 0) is 10.0 Å². The predicted molar refractivity (Wildman–Crippen MR) is 130 cm³/mol. The van der Waals surface area contributed by atoms with Crippen LogP contribution in [0.1, 0.15) is 10.4 Å². The summed E-state index contributed by atoms with van der Waals surface area (Å²) < 4.78 is 28.0. The SMILES string of the molecule is C=CCN(c1ccccc1Cl)S(=O)(=O)c1cccc(C(=O)Nc2ccc3nccnc3c2)c1. The zero-order chi connectivity index (χ0) is 23.4. The average molecular weight is 479 g/mol. The van der Waals surface area contributed by atoms with E-state index < -0.39 is 15.9 Å². The number of hydrogen-bond donors (Lipinski definition) is 1. The molecular weight excluding hydrogens is 460 g/mol. The van der Waals surface area contributed by atoms with Gasteiger partial charge in [0.15, 0.2) is 0 Å². The minimum absolute atomic E-state index is 0.0145. The molecule has 1 amide bonds. The molecule has 4 rings (SSSR count). The van der Waals surface area contributed by atoms with Crippen LogP contribution < -0.4 is 9.62 Å². The number of nitrogens with one attached hydrogen (secondary N) is 1. The molecule has 0 unspecified atom stereocenters. The predicted octanol–water partition coefficient (Wildman–Crippen LogP) is 4.92. The van der Waals surface area contributed by atoms with Gasteiger partial charge in [-0.15, -0.1) is 6.58 Å². The number of rotatable bonds is 7. The summed E-state index contributed by atoms with van der Waals surface area (Å²) in [5.74, 6) is -0.455. The topological polar surface area (TPSA) is 92.3 Å². The van der Waals surface area contributed by atoms with Crippen LogP contribution in [0.25, 0.3) is 11.0 Å². The maximum Gasteiger partial charge on any atom is 0.264 e. The number of carbonyl (C=O) groups is 1. The number of halogens is 1. The Morgan fingerprint density at radius 1 is 1.00 bits per heavy atom. The summed E-state index contributed by atoms with van der Waals surface area (Å²) in [6, 6.07) is 17.6. The quantitative estimate of drug-likeness (QED) is 0.381. The van der Waals surface area contributed by atoms with Gasteiger partial charge in [0.25, 0.3) is 15.9 Å². The van der Waals surface area contributed by atoms with Gasteiger partial charge in [0, 0.05) is 23.6 Å². The second kappa shape index (κ2) is 9.40. The van der Waals surface area contributed by atoms with Gasteiger partial charge in [-0.1, -0.05) is 35.9 Å². The van der Waals surface area contributed by atoms with E-state index in [9.17, 15) is 13.2 Å². The molecule has 0 aliphatic heterocycles. The van der Waals surface area contributed by atoms with Gasteiger partial charge in [0.2, 0.25) is 0 Å². The maximum atomic E-state index is 13.4. The van der Waals surface area contributed by atoms with Crippen LogP contribution in [0.3, 0.4) is 0 Å². The molecule has 33 heavy (non-hydrogen) atoms. The Morgan fingerprint density at radius 3 is 2.52 bits per heavy atom. The van der Waals surface area contributed by atoms with Crippen molar-refractivity contribution in [3.8, 4) is 0 Å². The molecule has 0 atom stereocenters. The second-order valence-corrected chi connectivity index (χ2v) is 9.29. The molecule has 166 valence electrons. The van der Waals surface area contributed by atoms with Crippen LogP contribution >= 0.6 is 11.6 Å². The molecular formula is C24H19ClN4O3S. The van der Waals surface area contributed by atoms with Gasteiger partial charge >= 0.3 is 0 Å². The van der Waals surface area contributed by atoms with Crippen molar-refractivity contribution in [3.05, 3.63) is 102 Å². The van der Waals surface area contributed by atoms with Gasteiger partial charge < -0.3 is 5.32 Å². The molecule has 0 bridgehead atoms. The summed E-state index contributed by atoms with van der Waals surface area (Å²) in [5, 5.41) is 3.06. The van der Waals surface area contributed by atoms with Crippen LogP contribution in [0.4, 0.5) is 11.4 Å². The first kappa shape index (κ1) is 22.4. The van der Waals surface area contributed by atoms with Crippen molar-refractivity contribution in [2.75, 3.05) is 16.2 Å². The standard InChI is InChI=1S/C24H19ClN4O3S/c1-2-14-29(23-9-4-3-8-20(23)25)33(31,32)19-7-5-6-17(15-19)24(30)28-18-10-11-21-22(16-18)27-13-12-26-21/h2-13,15-16H,1,14H2,(H,28,30). The van der Waals surface area contributed by atoms with Crippen molar-refractivity contribution in [1.82, 2.24) is 9.97 Å². The second-order valence-electron chi connectivity index (χ2n) is 7.02. The van der Waals surface area contributed by atoms with E-state index in [4.69, 9.17) is 11.6 Å². The average Bonchev–Trinajstić information content (AvgIpc) is 2.83. The largest absolute Gasteiger partial charge is 0.322 e. The van der Waals surface area contributed by atoms with Crippen LogP contribution in [-0.4, -0.2) is 30.8 Å². The minimum Gasteiger partial charge on any atom is -0.322 e. The van der Waals surface area contributed by atoms with Crippen molar-refractivity contribution in [3.63, 3.8) is 0 Å². The fourth-order valence-corrected chi connectivity index (χ4v) is 5.06. The number of nitrogens with zero attached hydrogens (tertiary/aromatic N) is 3. The molecule has 1 N–H and O–H groups in total. The molecule has 3 aromatic carbocycles. The molecule has 0 fully saturated rings. The van der Waals surface area contributed by atoms with Gasteiger partial charge in [-0.3, -0.25) is 19.1 Å². The summed E-state index contributed by atoms with van der Waals surface area (Å²) in [7, 11) is -4.02. The summed E-state index contributed by atoms with van der Waals surface area (Å²) in [5.41, 5.74) is 2.36. The van der Waals surface area contributed by atoms with Crippen LogP contribution in [0.2, 0.25) is 5.02 Å². The third-order valence-corrected chi connectivity index (χ3v) is 6.92. The van der Waals surface area contributed by atoms with Crippen molar-refractivity contribution >= 4 is 49.9 Å². The summed E-state index contributed by atoms with van der Waals surface area (Å²) in [4.78, 5) is 21.2. The number of hydrogen-bond acceptors (Lipinski definition) is 5. The molecule has 0 aliphatic carbocycles. The first-order valence-corrected chi connectivity index (χ1v) is 11.7. The normalized spacial score (nSPS) is 11.2. The molecule has 0 saturated heterocycles. The van der Waals surface area contributed by atoms with E-state index >= 15 is 0 Å². The Bertz CT molecular complexity index is 1460. The monoisotopic (exact) mass is 478 g/mol. The smallest absolute Gasteiger partial charge is 0.264 e. The van der Waals surface area contributed by atoms with E-state index in [1.54, 1.807) is 60.9 Å². The Balaban J connectivity index is 1.64. The number of para-hydroxylation sites is 1. The van der Waals surface area contributed by atoms with Crippen molar-refractivity contribution in [1.29, 1.82) is 0 Å². The molecule has 0 aliphatic rings. The highest BCUT2D eigenvalue weighted by Crippen LogP contribution is 2.30. The highest BCUT2D eigenvalue weighted by molar-refractivity contribution is 7.92. The Labute approximate surface area is 196 Å². The number of carbonyl (C=O) groups excluding carboxylic acids is 1. The van der Waals surface area contributed by atoms with Crippen LogP contribution in [0, 0.1) is 0 Å². The first-order valence-electron chi connectivity index (χ1n) is 9.90. The van der Waals surface area contributed by atoms with E-state index in [0.29, 0.717) is 22.4 Å². The number of benzene rings is 3. The zero-order valence-corrected chi connectivity index (χ0v) is 18.9. The summed E-state index contributed by atoms with van der Waals surface area (Å²) in [6.45, 7) is 3.67. The molecule has 1 aromatic heterocycles. The molecule has 7 nitrogen and oxygen atoms in total. The van der Waals surface area contributed by atoms with E-state index in [1.807, 2.05) is 0 Å². The number of amides is 1. The Morgan fingerprint density at radius 2 is 1.76 bits per heavy atom. The fourth-order valence-electron chi connectivity index (χ4n) is 3.27.